The molecule has 0 saturated carbocycles. The molecule has 0 aliphatic rings. The van der Waals surface area contributed by atoms with Gasteiger partial charge in [0.15, 0.2) is 0 Å². The van der Waals surface area contributed by atoms with Gasteiger partial charge in [0.2, 0.25) is 0 Å². The molecule has 0 aliphatic carbocycles. The second kappa shape index (κ2) is 8.68. The quantitative estimate of drug-likeness (QED) is 0.611. The summed E-state index contributed by atoms with van der Waals surface area (Å²) in [5, 5.41) is 3.14. The van der Waals surface area contributed by atoms with E-state index in [0.717, 1.165) is 19.5 Å². The Bertz CT molecular complexity index is 174. The van der Waals surface area contributed by atoms with Crippen LogP contribution in [0.15, 0.2) is 0 Å². The number of ether oxygens (including phenoxy) is 1. The minimum absolute atomic E-state index is 0.151. The van der Waals surface area contributed by atoms with Crippen molar-refractivity contribution in [3.8, 4) is 0 Å². The standard InChI is InChI=1S/C11H24N2O2/c1-5-8-13(4)9-10(12-6-2)11(14)15-7-3/h10,12H,5-9H2,1-4H3. The van der Waals surface area contributed by atoms with Crippen LogP contribution in [0.25, 0.3) is 0 Å². The second-order valence-electron chi connectivity index (χ2n) is 3.62. The Hall–Kier alpha value is -0.610. The number of carbonyl (C=O) groups is 1. The van der Waals surface area contributed by atoms with Gasteiger partial charge in [-0.1, -0.05) is 13.8 Å². The molecule has 0 rings (SSSR count). The lowest BCUT2D eigenvalue weighted by Crippen LogP contribution is -2.46. The van der Waals surface area contributed by atoms with E-state index in [1.807, 2.05) is 20.9 Å². The summed E-state index contributed by atoms with van der Waals surface area (Å²) >= 11 is 0. The van der Waals surface area contributed by atoms with E-state index in [1.54, 1.807) is 0 Å². The SMILES string of the molecule is CCCN(C)CC(NCC)C(=O)OCC. The Balaban J connectivity index is 4.07. The number of likely N-dealkylation sites (N-methyl/N-ethyl adjacent to an activating group) is 2. The van der Waals surface area contributed by atoms with Crippen LogP contribution in [0.4, 0.5) is 0 Å². The molecular formula is C11H24N2O2. The van der Waals surface area contributed by atoms with Gasteiger partial charge in [-0.15, -0.1) is 0 Å². The van der Waals surface area contributed by atoms with Gasteiger partial charge in [0.05, 0.1) is 6.61 Å². The molecule has 0 heterocycles. The highest BCUT2D eigenvalue weighted by Gasteiger charge is 2.19. The molecule has 90 valence electrons. The topological polar surface area (TPSA) is 41.6 Å². The lowest BCUT2D eigenvalue weighted by Gasteiger charge is -2.22. The zero-order valence-corrected chi connectivity index (χ0v) is 10.4. The minimum atomic E-state index is -0.202. The van der Waals surface area contributed by atoms with E-state index in [0.29, 0.717) is 13.2 Å². The Morgan fingerprint density at radius 3 is 2.53 bits per heavy atom. The summed E-state index contributed by atoms with van der Waals surface area (Å²) in [5.74, 6) is -0.151. The predicted molar refractivity (Wildman–Crippen MR) is 61.9 cm³/mol. The largest absolute Gasteiger partial charge is 0.465 e. The van der Waals surface area contributed by atoms with E-state index in [-0.39, 0.29) is 12.0 Å². The summed E-state index contributed by atoms with van der Waals surface area (Å²) in [6.07, 6.45) is 1.10. The van der Waals surface area contributed by atoms with Gasteiger partial charge in [0.25, 0.3) is 0 Å². The van der Waals surface area contributed by atoms with Crippen molar-refractivity contribution < 1.29 is 9.53 Å². The molecule has 0 amide bonds. The number of carbonyl (C=O) groups excluding carboxylic acids is 1. The first-order valence-corrected chi connectivity index (χ1v) is 5.74. The summed E-state index contributed by atoms with van der Waals surface area (Å²) in [6, 6.07) is -0.202. The average Bonchev–Trinajstić information content (AvgIpc) is 2.18. The van der Waals surface area contributed by atoms with Gasteiger partial charge >= 0.3 is 5.97 Å². The summed E-state index contributed by atoms with van der Waals surface area (Å²) in [6.45, 7) is 8.88. The third-order valence-electron chi connectivity index (χ3n) is 2.12. The zero-order valence-electron chi connectivity index (χ0n) is 10.4. The van der Waals surface area contributed by atoms with Crippen LogP contribution in [-0.4, -0.2) is 50.2 Å². The first-order chi connectivity index (χ1) is 7.15. The van der Waals surface area contributed by atoms with Gasteiger partial charge in [-0.25, -0.2) is 0 Å². The average molecular weight is 216 g/mol. The van der Waals surface area contributed by atoms with Gasteiger partial charge in [0.1, 0.15) is 6.04 Å². The highest BCUT2D eigenvalue weighted by atomic mass is 16.5. The molecule has 0 aliphatic heterocycles. The van der Waals surface area contributed by atoms with Gasteiger partial charge in [-0.2, -0.15) is 0 Å². The Labute approximate surface area is 93.0 Å². The van der Waals surface area contributed by atoms with Crippen molar-refractivity contribution in [3.05, 3.63) is 0 Å². The molecular weight excluding hydrogens is 192 g/mol. The number of nitrogens with zero attached hydrogens (tertiary/aromatic N) is 1. The van der Waals surface area contributed by atoms with Crippen LogP contribution < -0.4 is 5.32 Å². The maximum absolute atomic E-state index is 11.6. The van der Waals surface area contributed by atoms with Crippen LogP contribution in [0, 0.1) is 0 Å². The van der Waals surface area contributed by atoms with Crippen molar-refractivity contribution in [1.82, 2.24) is 10.2 Å². The molecule has 0 radical (unpaired) electrons. The van der Waals surface area contributed by atoms with Crippen LogP contribution >= 0.6 is 0 Å². The fraction of sp³-hybridized carbons (Fsp3) is 0.909. The number of hydrogen-bond acceptors (Lipinski definition) is 4. The number of rotatable bonds is 8. The smallest absolute Gasteiger partial charge is 0.324 e. The summed E-state index contributed by atoms with van der Waals surface area (Å²) in [5.41, 5.74) is 0. The highest BCUT2D eigenvalue weighted by molar-refractivity contribution is 5.76. The summed E-state index contributed by atoms with van der Waals surface area (Å²) in [4.78, 5) is 13.7. The molecule has 0 fully saturated rings. The van der Waals surface area contributed by atoms with E-state index >= 15 is 0 Å². The van der Waals surface area contributed by atoms with Crippen LogP contribution in [0.3, 0.4) is 0 Å². The van der Waals surface area contributed by atoms with E-state index in [2.05, 4.69) is 17.1 Å². The number of esters is 1. The monoisotopic (exact) mass is 216 g/mol. The van der Waals surface area contributed by atoms with Crippen LogP contribution in [0.5, 0.6) is 0 Å². The summed E-state index contributed by atoms with van der Waals surface area (Å²) in [7, 11) is 2.02. The molecule has 4 nitrogen and oxygen atoms in total. The normalized spacial score (nSPS) is 12.9. The molecule has 0 bridgehead atoms. The fourth-order valence-corrected chi connectivity index (χ4v) is 1.50. The first-order valence-electron chi connectivity index (χ1n) is 5.74. The second-order valence-corrected chi connectivity index (χ2v) is 3.62. The van der Waals surface area contributed by atoms with Crippen molar-refractivity contribution in [1.29, 1.82) is 0 Å². The van der Waals surface area contributed by atoms with Crippen molar-refractivity contribution in [2.75, 3.05) is 33.3 Å². The Morgan fingerprint density at radius 1 is 1.40 bits per heavy atom. The van der Waals surface area contributed by atoms with E-state index in [1.165, 1.54) is 0 Å². The zero-order chi connectivity index (χ0) is 11.7. The van der Waals surface area contributed by atoms with Crippen LogP contribution in [0.2, 0.25) is 0 Å². The Morgan fingerprint density at radius 2 is 2.07 bits per heavy atom. The van der Waals surface area contributed by atoms with Gasteiger partial charge < -0.3 is 15.0 Å². The molecule has 0 aromatic rings. The summed E-state index contributed by atoms with van der Waals surface area (Å²) < 4.78 is 5.01. The van der Waals surface area contributed by atoms with E-state index < -0.39 is 0 Å². The first kappa shape index (κ1) is 14.4. The molecule has 15 heavy (non-hydrogen) atoms. The third-order valence-corrected chi connectivity index (χ3v) is 2.12. The fourth-order valence-electron chi connectivity index (χ4n) is 1.50. The molecule has 1 N–H and O–H groups in total. The van der Waals surface area contributed by atoms with Crippen molar-refractivity contribution >= 4 is 5.97 Å². The molecule has 0 saturated heterocycles. The van der Waals surface area contributed by atoms with Crippen LogP contribution in [0.1, 0.15) is 27.2 Å². The third kappa shape index (κ3) is 6.47. The molecule has 1 unspecified atom stereocenters. The number of nitrogens with one attached hydrogen (secondary N) is 1. The molecule has 0 spiro atoms. The molecule has 0 aromatic heterocycles. The van der Waals surface area contributed by atoms with Crippen molar-refractivity contribution in [2.24, 2.45) is 0 Å². The van der Waals surface area contributed by atoms with E-state index in [4.69, 9.17) is 4.74 Å². The molecule has 1 atom stereocenters. The van der Waals surface area contributed by atoms with Gasteiger partial charge in [0, 0.05) is 6.54 Å². The van der Waals surface area contributed by atoms with Gasteiger partial charge in [-0.3, -0.25) is 4.79 Å². The maximum Gasteiger partial charge on any atom is 0.324 e. The van der Waals surface area contributed by atoms with E-state index in [9.17, 15) is 4.79 Å². The van der Waals surface area contributed by atoms with Crippen molar-refractivity contribution in [3.63, 3.8) is 0 Å². The predicted octanol–water partition coefficient (Wildman–Crippen LogP) is 0.869. The maximum atomic E-state index is 11.6. The Kier molecular flexibility index (Phi) is 8.33. The lowest BCUT2D eigenvalue weighted by molar-refractivity contribution is -0.146. The number of hydrogen-bond donors (Lipinski definition) is 1. The minimum Gasteiger partial charge on any atom is -0.465 e. The van der Waals surface area contributed by atoms with Crippen LogP contribution in [-0.2, 0) is 9.53 Å². The molecule has 4 heteroatoms. The molecule has 0 aromatic carbocycles. The highest BCUT2D eigenvalue weighted by Crippen LogP contribution is 1.95. The van der Waals surface area contributed by atoms with Crippen molar-refractivity contribution in [2.45, 2.75) is 33.2 Å². The lowest BCUT2D eigenvalue weighted by atomic mass is 10.2. The van der Waals surface area contributed by atoms with Gasteiger partial charge in [-0.05, 0) is 33.5 Å².